The van der Waals surface area contributed by atoms with E-state index in [9.17, 15) is 4.79 Å². The molecule has 1 aliphatic heterocycles. The molecule has 2 rings (SSSR count). The average molecular weight is 209 g/mol. The summed E-state index contributed by atoms with van der Waals surface area (Å²) in [7, 11) is 0. The number of nitrogens with zero attached hydrogens (tertiary/aromatic N) is 1. The van der Waals surface area contributed by atoms with Crippen molar-refractivity contribution in [1.29, 1.82) is 0 Å². The van der Waals surface area contributed by atoms with Gasteiger partial charge in [0.1, 0.15) is 5.76 Å². The van der Waals surface area contributed by atoms with Gasteiger partial charge < -0.3 is 15.5 Å². The fourth-order valence-corrected chi connectivity index (χ4v) is 1.72. The molecular formula is C10H15N3O2. The van der Waals surface area contributed by atoms with Crippen LogP contribution in [0.4, 0.5) is 0 Å². The fraction of sp³-hybridized carbons (Fsp3) is 0.500. The normalized spacial score (nSPS) is 19.9. The first-order valence-corrected chi connectivity index (χ1v) is 5.04. The van der Waals surface area contributed by atoms with Gasteiger partial charge in [0.15, 0.2) is 0 Å². The van der Waals surface area contributed by atoms with Crippen molar-refractivity contribution in [3.05, 3.63) is 24.2 Å². The van der Waals surface area contributed by atoms with Crippen LogP contribution in [0.1, 0.15) is 11.8 Å². The molecule has 2 heterocycles. The highest BCUT2D eigenvalue weighted by molar-refractivity contribution is 5.78. The summed E-state index contributed by atoms with van der Waals surface area (Å²) < 4.78 is 5.21. The van der Waals surface area contributed by atoms with Crippen LogP contribution in [0.25, 0.3) is 0 Å². The van der Waals surface area contributed by atoms with Gasteiger partial charge >= 0.3 is 0 Å². The lowest BCUT2D eigenvalue weighted by Gasteiger charge is -2.28. The highest BCUT2D eigenvalue weighted by Gasteiger charge is 2.19. The van der Waals surface area contributed by atoms with E-state index in [0.717, 1.165) is 12.3 Å². The molecule has 1 aromatic rings. The highest BCUT2D eigenvalue weighted by atomic mass is 16.3. The summed E-state index contributed by atoms with van der Waals surface area (Å²) in [5.74, 6) is 0.828. The first kappa shape index (κ1) is 10.2. The minimum Gasteiger partial charge on any atom is -0.468 e. The van der Waals surface area contributed by atoms with Crippen molar-refractivity contribution in [2.45, 2.75) is 6.04 Å². The topological polar surface area (TPSA) is 71.5 Å². The molecule has 5 heteroatoms. The molecule has 5 nitrogen and oxygen atoms in total. The van der Waals surface area contributed by atoms with Gasteiger partial charge in [-0.1, -0.05) is 0 Å². The molecule has 1 amide bonds. The molecule has 1 aliphatic rings. The van der Waals surface area contributed by atoms with Crippen LogP contribution in [0, 0.1) is 0 Å². The van der Waals surface area contributed by atoms with Gasteiger partial charge in [-0.3, -0.25) is 9.69 Å². The molecule has 1 saturated heterocycles. The minimum atomic E-state index is -0.161. The first-order valence-electron chi connectivity index (χ1n) is 5.04. The van der Waals surface area contributed by atoms with Gasteiger partial charge in [-0.2, -0.15) is 0 Å². The van der Waals surface area contributed by atoms with Crippen molar-refractivity contribution in [2.75, 3.05) is 26.2 Å². The van der Waals surface area contributed by atoms with Crippen LogP contribution in [0.2, 0.25) is 0 Å². The lowest BCUT2D eigenvalue weighted by molar-refractivity contribution is -0.124. The molecule has 1 aromatic heterocycles. The Morgan fingerprint density at radius 2 is 2.53 bits per heavy atom. The Hall–Kier alpha value is -1.33. The predicted octanol–water partition coefficient (Wildman–Crippen LogP) is -0.289. The van der Waals surface area contributed by atoms with Crippen LogP contribution < -0.4 is 11.1 Å². The van der Waals surface area contributed by atoms with Crippen molar-refractivity contribution in [1.82, 2.24) is 10.2 Å². The molecule has 0 bridgehead atoms. The lowest BCUT2D eigenvalue weighted by Crippen LogP contribution is -2.49. The Kier molecular flexibility index (Phi) is 3.03. The van der Waals surface area contributed by atoms with Crippen molar-refractivity contribution < 1.29 is 9.21 Å². The van der Waals surface area contributed by atoms with Gasteiger partial charge in [-0.15, -0.1) is 0 Å². The van der Waals surface area contributed by atoms with Gasteiger partial charge in [0.2, 0.25) is 5.91 Å². The van der Waals surface area contributed by atoms with Crippen molar-refractivity contribution >= 4 is 5.91 Å². The van der Waals surface area contributed by atoms with E-state index < -0.39 is 0 Å². The monoisotopic (exact) mass is 209 g/mol. The molecule has 3 N–H and O–H groups in total. The zero-order valence-electron chi connectivity index (χ0n) is 8.48. The van der Waals surface area contributed by atoms with Gasteiger partial charge in [0, 0.05) is 19.6 Å². The minimum absolute atomic E-state index is 0.0629. The zero-order valence-corrected chi connectivity index (χ0v) is 8.48. The largest absolute Gasteiger partial charge is 0.468 e. The molecule has 1 atom stereocenters. The van der Waals surface area contributed by atoms with E-state index in [0.29, 0.717) is 19.6 Å². The maximum Gasteiger partial charge on any atom is 0.234 e. The van der Waals surface area contributed by atoms with Gasteiger partial charge in [0.25, 0.3) is 0 Å². The molecule has 0 radical (unpaired) electrons. The maximum atomic E-state index is 11.1. The number of amides is 1. The molecule has 15 heavy (non-hydrogen) atoms. The third-order valence-electron chi connectivity index (χ3n) is 2.48. The van der Waals surface area contributed by atoms with Crippen molar-refractivity contribution in [3.63, 3.8) is 0 Å². The lowest BCUT2D eigenvalue weighted by atomic mass is 10.2. The summed E-state index contributed by atoms with van der Waals surface area (Å²) in [5.41, 5.74) is 5.95. The molecular weight excluding hydrogens is 194 g/mol. The number of carbonyl (C=O) groups excluding carboxylic acids is 1. The zero-order chi connectivity index (χ0) is 10.7. The van der Waals surface area contributed by atoms with E-state index in [4.69, 9.17) is 10.2 Å². The number of nitrogens with one attached hydrogen (secondary N) is 1. The third-order valence-corrected chi connectivity index (χ3v) is 2.48. The maximum absolute atomic E-state index is 11.1. The van der Waals surface area contributed by atoms with Crippen LogP contribution in [-0.2, 0) is 4.79 Å². The summed E-state index contributed by atoms with van der Waals surface area (Å²) in [6, 6.07) is 3.51. The quantitative estimate of drug-likeness (QED) is 0.717. The summed E-state index contributed by atoms with van der Waals surface area (Å²) >= 11 is 0. The SMILES string of the molecule is NC(CN1CCNC(=O)C1)c1ccco1. The van der Waals surface area contributed by atoms with E-state index in [2.05, 4.69) is 5.32 Å². The van der Waals surface area contributed by atoms with Crippen LogP contribution in [-0.4, -0.2) is 37.0 Å². The Morgan fingerprint density at radius 1 is 1.67 bits per heavy atom. The molecule has 0 saturated carbocycles. The van der Waals surface area contributed by atoms with E-state index >= 15 is 0 Å². The Bertz CT molecular complexity index is 323. The van der Waals surface area contributed by atoms with Gasteiger partial charge in [0.05, 0.1) is 18.8 Å². The second kappa shape index (κ2) is 4.46. The van der Waals surface area contributed by atoms with Gasteiger partial charge in [-0.25, -0.2) is 0 Å². The van der Waals surface area contributed by atoms with E-state index in [1.54, 1.807) is 6.26 Å². The molecule has 0 aliphatic carbocycles. The smallest absolute Gasteiger partial charge is 0.234 e. The summed E-state index contributed by atoms with van der Waals surface area (Å²) in [5, 5.41) is 2.78. The summed E-state index contributed by atoms with van der Waals surface area (Å²) in [4.78, 5) is 13.2. The number of carbonyl (C=O) groups is 1. The number of rotatable bonds is 3. The second-order valence-corrected chi connectivity index (χ2v) is 3.71. The number of furan rings is 1. The van der Waals surface area contributed by atoms with E-state index in [-0.39, 0.29) is 11.9 Å². The molecule has 82 valence electrons. The second-order valence-electron chi connectivity index (χ2n) is 3.71. The number of hydrogen-bond acceptors (Lipinski definition) is 4. The van der Waals surface area contributed by atoms with Crippen LogP contribution in [0.5, 0.6) is 0 Å². The van der Waals surface area contributed by atoms with Crippen molar-refractivity contribution in [3.8, 4) is 0 Å². The number of nitrogens with two attached hydrogens (primary N) is 1. The van der Waals surface area contributed by atoms with E-state index in [1.165, 1.54) is 0 Å². The van der Waals surface area contributed by atoms with Crippen LogP contribution in [0.3, 0.4) is 0 Å². The van der Waals surface area contributed by atoms with Gasteiger partial charge in [-0.05, 0) is 12.1 Å². The predicted molar refractivity (Wildman–Crippen MR) is 55.1 cm³/mol. The van der Waals surface area contributed by atoms with Crippen LogP contribution >= 0.6 is 0 Å². The number of hydrogen-bond donors (Lipinski definition) is 2. The summed E-state index contributed by atoms with van der Waals surface area (Å²) in [6.07, 6.45) is 1.61. The fourth-order valence-electron chi connectivity index (χ4n) is 1.72. The summed E-state index contributed by atoms with van der Waals surface area (Å²) in [6.45, 7) is 2.62. The molecule has 1 fully saturated rings. The Labute approximate surface area is 88.2 Å². The van der Waals surface area contributed by atoms with Crippen LogP contribution in [0.15, 0.2) is 22.8 Å². The molecule has 1 unspecified atom stereocenters. The average Bonchev–Trinajstić information content (AvgIpc) is 2.70. The standard InChI is InChI=1S/C10H15N3O2/c11-8(9-2-1-5-15-9)6-13-4-3-12-10(14)7-13/h1-2,5,8H,3-4,6-7,11H2,(H,12,14). The first-order chi connectivity index (χ1) is 7.25. The number of piperazine rings is 1. The molecule has 0 spiro atoms. The Morgan fingerprint density at radius 3 is 3.20 bits per heavy atom. The van der Waals surface area contributed by atoms with Crippen molar-refractivity contribution in [2.24, 2.45) is 5.73 Å². The van der Waals surface area contributed by atoms with E-state index in [1.807, 2.05) is 17.0 Å². The third kappa shape index (κ3) is 2.57. The molecule has 0 aromatic carbocycles. The Balaban J connectivity index is 1.88. The highest BCUT2D eigenvalue weighted by Crippen LogP contribution is 2.12.